The van der Waals surface area contributed by atoms with Crippen molar-refractivity contribution in [3.05, 3.63) is 18.2 Å². The number of esters is 1. The minimum Gasteiger partial charge on any atom is -0.495 e. The molecule has 138 valence electrons. The highest BCUT2D eigenvalue weighted by Gasteiger charge is 2.34. The number of carbonyl (C=O) groups excluding carboxylic acids is 2. The summed E-state index contributed by atoms with van der Waals surface area (Å²) in [7, 11) is -1.12. The average Bonchev–Trinajstić information content (AvgIpc) is 2.60. The lowest BCUT2D eigenvalue weighted by Gasteiger charge is -2.30. The highest BCUT2D eigenvalue weighted by molar-refractivity contribution is 8.00. The van der Waals surface area contributed by atoms with Crippen molar-refractivity contribution < 1.29 is 27.5 Å². The lowest BCUT2D eigenvalue weighted by atomic mass is 10.3. The van der Waals surface area contributed by atoms with Crippen LogP contribution in [-0.4, -0.2) is 62.9 Å². The zero-order chi connectivity index (χ0) is 18.6. The van der Waals surface area contributed by atoms with E-state index in [1.165, 1.54) is 55.4 Å². The van der Waals surface area contributed by atoms with Gasteiger partial charge in [-0.2, -0.15) is 4.31 Å². The Balaban J connectivity index is 2.29. The molecule has 1 saturated heterocycles. The van der Waals surface area contributed by atoms with Gasteiger partial charge in [0, 0.05) is 31.8 Å². The molecule has 1 aliphatic rings. The standard InChI is InChI=1S/C15H20N2O6S2/c1-10(18)16-12-5-4-11(8-13(12)22-2)25(20,21)17-6-7-24-14(9-17)15(19)23-3/h4-5,8,14H,6-7,9H2,1-3H3,(H,16,18)/t14-/m0/s1. The molecule has 1 fully saturated rings. The lowest BCUT2D eigenvalue weighted by Crippen LogP contribution is -2.44. The molecule has 0 aromatic heterocycles. The fourth-order valence-corrected chi connectivity index (χ4v) is 5.20. The minimum atomic E-state index is -3.79. The molecule has 1 amide bonds. The quantitative estimate of drug-likeness (QED) is 0.749. The maximum Gasteiger partial charge on any atom is 0.320 e. The molecular formula is C15H20N2O6S2. The number of sulfonamides is 1. The van der Waals surface area contributed by atoms with Crippen LogP contribution in [0.2, 0.25) is 0 Å². The number of methoxy groups -OCH3 is 2. The van der Waals surface area contributed by atoms with Crippen LogP contribution < -0.4 is 10.1 Å². The number of carbonyl (C=O) groups is 2. The first-order valence-corrected chi connectivity index (χ1v) is 9.93. The SMILES string of the molecule is COC(=O)[C@@H]1CN(S(=O)(=O)c2ccc(NC(C)=O)c(OC)c2)CCS1. The highest BCUT2D eigenvalue weighted by atomic mass is 32.2. The molecule has 0 spiro atoms. The number of nitrogens with one attached hydrogen (secondary N) is 1. The third kappa shape index (κ3) is 4.44. The molecule has 1 aliphatic heterocycles. The first-order chi connectivity index (χ1) is 11.8. The predicted molar refractivity (Wildman–Crippen MR) is 94.3 cm³/mol. The topological polar surface area (TPSA) is 102 Å². The summed E-state index contributed by atoms with van der Waals surface area (Å²) in [6.45, 7) is 1.70. The Bertz CT molecular complexity index is 765. The fourth-order valence-electron chi connectivity index (χ4n) is 2.39. The van der Waals surface area contributed by atoms with Gasteiger partial charge in [0.15, 0.2) is 0 Å². The maximum atomic E-state index is 12.9. The van der Waals surface area contributed by atoms with Gasteiger partial charge < -0.3 is 14.8 Å². The van der Waals surface area contributed by atoms with E-state index >= 15 is 0 Å². The Labute approximate surface area is 150 Å². The van der Waals surface area contributed by atoms with E-state index in [4.69, 9.17) is 9.47 Å². The molecule has 0 unspecified atom stereocenters. The summed E-state index contributed by atoms with van der Waals surface area (Å²) < 4.78 is 36.9. The summed E-state index contributed by atoms with van der Waals surface area (Å²) in [5, 5.41) is 2.03. The van der Waals surface area contributed by atoms with Gasteiger partial charge in [0.05, 0.1) is 24.8 Å². The van der Waals surface area contributed by atoms with Gasteiger partial charge in [0.2, 0.25) is 15.9 Å². The first-order valence-electron chi connectivity index (χ1n) is 7.44. The van der Waals surface area contributed by atoms with Crippen molar-refractivity contribution in [2.75, 3.05) is 38.4 Å². The van der Waals surface area contributed by atoms with E-state index in [0.717, 1.165) is 0 Å². The number of nitrogens with zero attached hydrogens (tertiary/aromatic N) is 1. The van der Waals surface area contributed by atoms with Crippen LogP contribution in [-0.2, 0) is 24.3 Å². The number of anilines is 1. The highest BCUT2D eigenvalue weighted by Crippen LogP contribution is 2.31. The molecular weight excluding hydrogens is 368 g/mol. The Hall–Kier alpha value is -1.78. The minimum absolute atomic E-state index is 0.0361. The number of ether oxygens (including phenoxy) is 2. The molecule has 10 heteroatoms. The van der Waals surface area contributed by atoms with Crippen LogP contribution in [0.3, 0.4) is 0 Å². The van der Waals surface area contributed by atoms with Gasteiger partial charge in [-0.05, 0) is 12.1 Å². The Morgan fingerprint density at radius 2 is 2.04 bits per heavy atom. The van der Waals surface area contributed by atoms with E-state index in [1.54, 1.807) is 0 Å². The zero-order valence-electron chi connectivity index (χ0n) is 14.1. The van der Waals surface area contributed by atoms with Crippen molar-refractivity contribution in [1.29, 1.82) is 0 Å². The number of hydrogen-bond donors (Lipinski definition) is 1. The smallest absolute Gasteiger partial charge is 0.320 e. The zero-order valence-corrected chi connectivity index (χ0v) is 15.8. The van der Waals surface area contributed by atoms with Crippen molar-refractivity contribution in [1.82, 2.24) is 4.31 Å². The van der Waals surface area contributed by atoms with Crippen LogP contribution in [0.1, 0.15) is 6.92 Å². The van der Waals surface area contributed by atoms with Crippen molar-refractivity contribution in [3.63, 3.8) is 0 Å². The van der Waals surface area contributed by atoms with Crippen LogP contribution in [0.15, 0.2) is 23.1 Å². The van der Waals surface area contributed by atoms with Gasteiger partial charge in [0.1, 0.15) is 11.0 Å². The second-order valence-corrected chi connectivity index (χ2v) is 8.54. The van der Waals surface area contributed by atoms with Crippen LogP contribution in [0.4, 0.5) is 5.69 Å². The third-order valence-corrected chi connectivity index (χ3v) is 6.64. The van der Waals surface area contributed by atoms with Crippen molar-refractivity contribution in [2.24, 2.45) is 0 Å². The molecule has 1 aromatic carbocycles. The number of thioether (sulfide) groups is 1. The molecule has 0 bridgehead atoms. The molecule has 1 aromatic rings. The summed E-state index contributed by atoms with van der Waals surface area (Å²) >= 11 is 1.38. The second kappa shape index (κ2) is 8.07. The Kier molecular flexibility index (Phi) is 6.31. The van der Waals surface area contributed by atoms with Crippen LogP contribution >= 0.6 is 11.8 Å². The summed E-state index contributed by atoms with van der Waals surface area (Å²) in [6.07, 6.45) is 0. The van der Waals surface area contributed by atoms with E-state index in [1.807, 2.05) is 0 Å². The molecule has 1 atom stereocenters. The van der Waals surface area contributed by atoms with E-state index in [2.05, 4.69) is 5.32 Å². The monoisotopic (exact) mass is 388 g/mol. The summed E-state index contributed by atoms with van der Waals surface area (Å²) in [5.41, 5.74) is 0.385. The van der Waals surface area contributed by atoms with Crippen LogP contribution in [0.25, 0.3) is 0 Å². The molecule has 2 rings (SSSR count). The van der Waals surface area contributed by atoms with E-state index < -0.39 is 21.2 Å². The number of amides is 1. The maximum absolute atomic E-state index is 12.9. The summed E-state index contributed by atoms with van der Waals surface area (Å²) in [6, 6.07) is 4.23. The van der Waals surface area contributed by atoms with Gasteiger partial charge in [-0.1, -0.05) is 0 Å². The fraction of sp³-hybridized carbons (Fsp3) is 0.467. The molecule has 8 nitrogen and oxygen atoms in total. The number of hydrogen-bond acceptors (Lipinski definition) is 7. The number of benzene rings is 1. The van der Waals surface area contributed by atoms with Crippen LogP contribution in [0, 0.1) is 0 Å². The number of rotatable bonds is 5. The van der Waals surface area contributed by atoms with Gasteiger partial charge >= 0.3 is 5.97 Å². The van der Waals surface area contributed by atoms with E-state index in [-0.39, 0.29) is 23.1 Å². The van der Waals surface area contributed by atoms with Crippen molar-refractivity contribution >= 4 is 39.3 Å². The normalized spacial score (nSPS) is 18.4. The molecule has 1 heterocycles. The molecule has 1 N–H and O–H groups in total. The largest absolute Gasteiger partial charge is 0.495 e. The molecule has 0 saturated carbocycles. The van der Waals surface area contributed by atoms with Gasteiger partial charge in [-0.15, -0.1) is 11.8 Å². The van der Waals surface area contributed by atoms with Crippen LogP contribution in [0.5, 0.6) is 5.75 Å². The first kappa shape index (κ1) is 19.5. The average molecular weight is 388 g/mol. The van der Waals surface area contributed by atoms with E-state index in [9.17, 15) is 18.0 Å². The van der Waals surface area contributed by atoms with E-state index in [0.29, 0.717) is 18.0 Å². The van der Waals surface area contributed by atoms with Gasteiger partial charge in [0.25, 0.3) is 0 Å². The van der Waals surface area contributed by atoms with Gasteiger partial charge in [-0.3, -0.25) is 9.59 Å². The van der Waals surface area contributed by atoms with Gasteiger partial charge in [-0.25, -0.2) is 8.42 Å². The lowest BCUT2D eigenvalue weighted by molar-refractivity contribution is -0.140. The predicted octanol–water partition coefficient (Wildman–Crippen LogP) is 0.933. The molecule has 25 heavy (non-hydrogen) atoms. The summed E-state index contributed by atoms with van der Waals surface area (Å²) in [4.78, 5) is 22.9. The Morgan fingerprint density at radius 3 is 2.64 bits per heavy atom. The second-order valence-electron chi connectivity index (χ2n) is 5.29. The van der Waals surface area contributed by atoms with Crippen molar-refractivity contribution in [2.45, 2.75) is 17.1 Å². The molecule has 0 radical (unpaired) electrons. The van der Waals surface area contributed by atoms with Crippen molar-refractivity contribution in [3.8, 4) is 5.75 Å². The summed E-state index contributed by atoms with van der Waals surface area (Å²) in [5.74, 6) is 0.0126. The Morgan fingerprint density at radius 1 is 1.32 bits per heavy atom. The molecule has 0 aliphatic carbocycles. The third-order valence-electron chi connectivity index (χ3n) is 3.61.